The van der Waals surface area contributed by atoms with Crippen LogP contribution in [0.1, 0.15) is 66.6 Å². The molecule has 0 saturated carbocycles. The number of aromatic nitrogens is 7. The fourth-order valence-electron chi connectivity index (χ4n) is 6.24. The largest absolute Gasteiger partial charge is 0.497 e. The average Bonchev–Trinajstić information content (AvgIpc) is 3.84. The topological polar surface area (TPSA) is 208 Å². The number of likely N-dealkylation sites (N-methyl/N-ethyl adjacent to an activating group) is 1. The number of carboxylic acids is 1. The number of aliphatic carboxylic acids is 1. The number of alkyl carbamates (subject to hydrolysis) is 1. The van der Waals surface area contributed by atoms with Crippen molar-refractivity contribution in [3.05, 3.63) is 86.5 Å². The summed E-state index contributed by atoms with van der Waals surface area (Å²) in [7, 11) is 5.16. The van der Waals surface area contributed by atoms with Gasteiger partial charge in [0.05, 0.1) is 52.1 Å². The number of carbonyl (C=O) groups is 3. The smallest absolute Gasteiger partial charge is 0.407 e. The molecule has 6 rings (SSSR count). The lowest BCUT2D eigenvalue weighted by molar-refractivity contribution is -0.881. The molecule has 5 heterocycles. The van der Waals surface area contributed by atoms with E-state index in [2.05, 4.69) is 31.0 Å². The number of piperidine rings is 1. The number of hydrogen-bond acceptors (Lipinski definition) is 13. The number of thiazole rings is 1. The molecular formula is C39H48N11O7S+. The number of ether oxygens (including phenoxy) is 2. The van der Waals surface area contributed by atoms with Gasteiger partial charge in [-0.15, -0.1) is 21.5 Å². The van der Waals surface area contributed by atoms with E-state index in [1.165, 1.54) is 26.7 Å². The fraction of sp³-hybridized carbons (Fsp3) is 0.410. The van der Waals surface area contributed by atoms with Crippen LogP contribution in [0.25, 0.3) is 17.8 Å². The zero-order valence-electron chi connectivity index (χ0n) is 33.3. The Labute approximate surface area is 338 Å². The normalized spacial score (nSPS) is 13.9. The average molecular weight is 815 g/mol. The minimum atomic E-state index is -0.917. The second kappa shape index (κ2) is 17.5. The number of fused-ring (bicyclic) bond motifs is 1. The first-order chi connectivity index (χ1) is 27.6. The van der Waals surface area contributed by atoms with Gasteiger partial charge in [0.1, 0.15) is 23.3 Å². The van der Waals surface area contributed by atoms with Crippen LogP contribution < -0.4 is 25.8 Å². The van der Waals surface area contributed by atoms with Crippen LogP contribution in [0.5, 0.6) is 5.75 Å². The summed E-state index contributed by atoms with van der Waals surface area (Å²) in [5.41, 5.74) is 2.12. The molecule has 3 N–H and O–H groups in total. The van der Waals surface area contributed by atoms with E-state index in [-0.39, 0.29) is 57.6 Å². The molecule has 5 aromatic rings. The van der Waals surface area contributed by atoms with Crippen molar-refractivity contribution in [1.29, 1.82) is 0 Å². The SMILES string of the molecule is COc1ccc(Cn2nnc(C=Cc3c(N4CCC(OC(=O)NCC[N+](C)(C)CC(=O)O)CC4)nc4cc(C(=O)Nc5nc(C(C)(C)C)cs5)ccn4c3=O)n2)cc1. The van der Waals surface area contributed by atoms with Gasteiger partial charge in [-0.1, -0.05) is 32.9 Å². The lowest BCUT2D eigenvalue weighted by Crippen LogP contribution is -2.48. The van der Waals surface area contributed by atoms with E-state index < -0.39 is 12.1 Å². The summed E-state index contributed by atoms with van der Waals surface area (Å²) in [6.07, 6.45) is 4.70. The van der Waals surface area contributed by atoms with Crippen LogP contribution in [0.2, 0.25) is 0 Å². The zero-order valence-corrected chi connectivity index (χ0v) is 34.2. The Morgan fingerprint density at radius 1 is 1.07 bits per heavy atom. The number of carboxylic acid groups (broad SMARTS) is 1. The van der Waals surface area contributed by atoms with Gasteiger partial charge in [0.25, 0.3) is 11.5 Å². The summed E-state index contributed by atoms with van der Waals surface area (Å²) in [4.78, 5) is 64.2. The maximum absolute atomic E-state index is 14.2. The summed E-state index contributed by atoms with van der Waals surface area (Å²) in [5, 5.41) is 29.9. The molecule has 1 aliphatic heterocycles. The number of tetrazole rings is 1. The molecule has 58 heavy (non-hydrogen) atoms. The van der Waals surface area contributed by atoms with Crippen LogP contribution in [-0.2, 0) is 21.5 Å². The molecule has 19 heteroatoms. The number of benzene rings is 1. The molecule has 4 aromatic heterocycles. The lowest BCUT2D eigenvalue weighted by Gasteiger charge is -2.33. The highest BCUT2D eigenvalue weighted by atomic mass is 32.1. The van der Waals surface area contributed by atoms with Crippen molar-refractivity contribution in [3.8, 4) is 5.75 Å². The number of hydrogen-bond donors (Lipinski definition) is 3. The molecule has 0 bridgehead atoms. The maximum atomic E-state index is 14.2. The second-order valence-electron chi connectivity index (χ2n) is 15.6. The number of nitrogens with zero attached hydrogens (tertiary/aromatic N) is 9. The molecule has 306 valence electrons. The van der Waals surface area contributed by atoms with Crippen molar-refractivity contribution in [1.82, 2.24) is 39.9 Å². The molecule has 0 unspecified atom stereocenters. The van der Waals surface area contributed by atoms with Crippen molar-refractivity contribution in [3.63, 3.8) is 0 Å². The molecule has 0 atom stereocenters. The molecule has 1 aliphatic rings. The van der Waals surface area contributed by atoms with Gasteiger partial charge in [0.15, 0.2) is 17.5 Å². The van der Waals surface area contributed by atoms with E-state index in [0.29, 0.717) is 55.5 Å². The van der Waals surface area contributed by atoms with Crippen molar-refractivity contribution in [2.45, 2.75) is 51.7 Å². The van der Waals surface area contributed by atoms with Gasteiger partial charge in [-0.05, 0) is 47.2 Å². The van der Waals surface area contributed by atoms with Crippen molar-refractivity contribution < 1.29 is 33.4 Å². The molecule has 2 amide bonds. The molecule has 0 spiro atoms. The Balaban J connectivity index is 1.21. The van der Waals surface area contributed by atoms with E-state index in [0.717, 1.165) is 17.0 Å². The number of pyridine rings is 1. The van der Waals surface area contributed by atoms with Gasteiger partial charge in [-0.25, -0.2) is 19.6 Å². The Morgan fingerprint density at radius 2 is 1.81 bits per heavy atom. The summed E-state index contributed by atoms with van der Waals surface area (Å²) in [5.74, 6) is 0.111. The van der Waals surface area contributed by atoms with Crippen LogP contribution in [-0.4, -0.2) is 122 Å². The summed E-state index contributed by atoms with van der Waals surface area (Å²) >= 11 is 1.34. The van der Waals surface area contributed by atoms with Crippen LogP contribution in [0.3, 0.4) is 0 Å². The summed E-state index contributed by atoms with van der Waals surface area (Å²) in [6, 6.07) is 10.6. The third-order valence-corrected chi connectivity index (χ3v) is 10.3. The van der Waals surface area contributed by atoms with Crippen LogP contribution in [0.15, 0.2) is 52.8 Å². The molecule has 18 nitrogen and oxygen atoms in total. The van der Waals surface area contributed by atoms with Crippen LogP contribution >= 0.6 is 11.3 Å². The minimum absolute atomic E-state index is 0.0699. The first-order valence-electron chi connectivity index (χ1n) is 18.7. The fourth-order valence-corrected chi connectivity index (χ4v) is 7.17. The van der Waals surface area contributed by atoms with Crippen LogP contribution in [0.4, 0.5) is 15.7 Å². The monoisotopic (exact) mass is 814 g/mol. The Bertz CT molecular complexity index is 2360. The molecule has 0 radical (unpaired) electrons. The standard InChI is InChI=1S/C39H47N11O7S/c1-39(2,3)30-24-58-37(41-30)43-35(53)26-13-19-48-32(21-26)42-34(47-17-14-28(15-18-47)57-38(55)40-16-20-50(4,5)23-33(51)52)29(36(48)54)11-12-31-44-46-49(45-31)22-25-7-9-27(56-6)10-8-25/h7-13,19,21,24,28H,14-18,20,22-23H2,1-6H3,(H2-,40,41,43,51,52,53,55)/p+1. The Hall–Kier alpha value is -6.21. The number of anilines is 2. The zero-order chi connectivity index (χ0) is 41.6. The van der Waals surface area contributed by atoms with Crippen molar-refractivity contribution in [2.75, 3.05) is 64.1 Å². The predicted molar refractivity (Wildman–Crippen MR) is 218 cm³/mol. The summed E-state index contributed by atoms with van der Waals surface area (Å²) in [6.45, 7) is 7.96. The van der Waals surface area contributed by atoms with E-state index in [1.54, 1.807) is 45.5 Å². The molecule has 0 aliphatic carbocycles. The molecule has 1 aromatic carbocycles. The number of nitrogens with one attached hydrogen (secondary N) is 2. The van der Waals surface area contributed by atoms with E-state index in [4.69, 9.17) is 19.6 Å². The van der Waals surface area contributed by atoms with Crippen molar-refractivity contribution >= 4 is 58.1 Å². The number of methoxy groups -OCH3 is 1. The highest BCUT2D eigenvalue weighted by molar-refractivity contribution is 7.14. The maximum Gasteiger partial charge on any atom is 0.407 e. The van der Waals surface area contributed by atoms with E-state index >= 15 is 0 Å². The molecule has 1 saturated heterocycles. The third-order valence-electron chi connectivity index (χ3n) is 9.52. The van der Waals surface area contributed by atoms with Gasteiger partial charge < -0.3 is 29.3 Å². The van der Waals surface area contributed by atoms with Gasteiger partial charge in [-0.2, -0.15) is 4.80 Å². The van der Waals surface area contributed by atoms with E-state index in [9.17, 15) is 19.2 Å². The predicted octanol–water partition coefficient (Wildman–Crippen LogP) is 3.77. The van der Waals surface area contributed by atoms with Gasteiger partial charge in [-0.3, -0.25) is 19.3 Å². The lowest BCUT2D eigenvalue weighted by atomic mass is 9.93. The second-order valence-corrected chi connectivity index (χ2v) is 16.5. The Morgan fingerprint density at radius 3 is 2.48 bits per heavy atom. The number of amides is 2. The third kappa shape index (κ3) is 10.6. The van der Waals surface area contributed by atoms with Crippen molar-refractivity contribution in [2.24, 2.45) is 0 Å². The quantitative estimate of drug-likeness (QED) is 0.137. The highest BCUT2D eigenvalue weighted by Gasteiger charge is 2.27. The first-order valence-corrected chi connectivity index (χ1v) is 19.6. The van der Waals surface area contributed by atoms with Gasteiger partial charge >= 0.3 is 12.1 Å². The van der Waals surface area contributed by atoms with E-state index in [1.807, 2.05) is 55.3 Å². The van der Waals surface area contributed by atoms with Gasteiger partial charge in [0.2, 0.25) is 0 Å². The van der Waals surface area contributed by atoms with Crippen LogP contribution in [0, 0.1) is 0 Å². The van der Waals surface area contributed by atoms with Gasteiger partial charge in [0, 0.05) is 48.5 Å². The minimum Gasteiger partial charge on any atom is -0.497 e. The Kier molecular flexibility index (Phi) is 12.5. The summed E-state index contributed by atoms with van der Waals surface area (Å²) < 4.78 is 12.5. The first kappa shape index (κ1) is 41.4. The number of quaternary nitrogens is 1. The molecular weight excluding hydrogens is 767 g/mol. The number of carbonyl (C=O) groups excluding carboxylic acids is 2. The highest BCUT2D eigenvalue weighted by Crippen LogP contribution is 2.27. The number of rotatable bonds is 14. The molecule has 1 fully saturated rings.